The molecule has 1 heterocycles. The van der Waals surface area contributed by atoms with Gasteiger partial charge in [-0.2, -0.15) is 5.10 Å². The molecule has 1 aliphatic carbocycles. The van der Waals surface area contributed by atoms with Crippen LogP contribution in [-0.4, -0.2) is 26.0 Å². The molecule has 2 rings (SSSR count). The molecule has 102 valence electrons. The van der Waals surface area contributed by atoms with E-state index in [0.717, 1.165) is 30.9 Å². The van der Waals surface area contributed by atoms with Crippen LogP contribution in [0.3, 0.4) is 0 Å². The molecule has 0 bridgehead atoms. The summed E-state index contributed by atoms with van der Waals surface area (Å²) in [7, 11) is 0. The highest BCUT2D eigenvalue weighted by molar-refractivity contribution is 4.95. The Balaban J connectivity index is 2.23. The molecule has 0 amide bonds. The number of aromatic nitrogens is 3. The van der Waals surface area contributed by atoms with Crippen molar-refractivity contribution in [1.82, 2.24) is 14.8 Å². The first-order chi connectivity index (χ1) is 8.29. The highest BCUT2D eigenvalue weighted by atomic mass is 16.3. The van der Waals surface area contributed by atoms with Gasteiger partial charge in [-0.05, 0) is 44.4 Å². The number of nitrogens with zero attached hydrogens (tertiary/aromatic N) is 3. The van der Waals surface area contributed by atoms with E-state index < -0.39 is 0 Å². The second kappa shape index (κ2) is 4.65. The summed E-state index contributed by atoms with van der Waals surface area (Å²) in [5.41, 5.74) is 0.294. The van der Waals surface area contributed by atoms with Gasteiger partial charge in [-0.15, -0.1) is 0 Å². The number of aliphatic hydroxyl groups is 1. The van der Waals surface area contributed by atoms with Crippen molar-refractivity contribution < 1.29 is 5.11 Å². The molecular weight excluding hydrogens is 226 g/mol. The molecule has 4 heteroatoms. The van der Waals surface area contributed by atoms with Gasteiger partial charge in [0.05, 0.1) is 12.1 Å². The van der Waals surface area contributed by atoms with Crippen LogP contribution in [-0.2, 0) is 0 Å². The molecule has 1 aliphatic rings. The molecule has 4 nitrogen and oxygen atoms in total. The summed E-state index contributed by atoms with van der Waals surface area (Å²) in [4.78, 5) is 4.35. The highest BCUT2D eigenvalue weighted by Crippen LogP contribution is 2.42. The van der Waals surface area contributed by atoms with E-state index in [-0.39, 0.29) is 12.1 Å². The molecule has 3 unspecified atom stereocenters. The number of aliphatic hydroxyl groups excluding tert-OH is 1. The van der Waals surface area contributed by atoms with Crippen LogP contribution < -0.4 is 0 Å². The zero-order chi connectivity index (χ0) is 13.5. The Morgan fingerprint density at radius 1 is 1.22 bits per heavy atom. The van der Waals surface area contributed by atoms with Crippen LogP contribution in [0.5, 0.6) is 0 Å². The summed E-state index contributed by atoms with van der Waals surface area (Å²) in [6.45, 7) is 10.7. The normalized spacial score (nSPS) is 29.6. The van der Waals surface area contributed by atoms with Gasteiger partial charge in [0.25, 0.3) is 0 Å². The van der Waals surface area contributed by atoms with Crippen LogP contribution in [0.15, 0.2) is 0 Å². The van der Waals surface area contributed by atoms with Crippen LogP contribution >= 0.6 is 0 Å². The molecule has 1 aromatic rings. The standard InChI is InChI=1S/C14H25N3O/c1-9-15-10(2)17(16-9)12-8-11(14(3,4)5)6-7-13(12)18/h11-13,18H,6-8H2,1-5H3. The monoisotopic (exact) mass is 251 g/mol. The van der Waals surface area contributed by atoms with Gasteiger partial charge >= 0.3 is 0 Å². The zero-order valence-electron chi connectivity index (χ0n) is 12.1. The summed E-state index contributed by atoms with van der Waals surface area (Å²) in [5.74, 6) is 2.33. The van der Waals surface area contributed by atoms with Crippen molar-refractivity contribution in [3.63, 3.8) is 0 Å². The average Bonchev–Trinajstić information content (AvgIpc) is 2.56. The van der Waals surface area contributed by atoms with Gasteiger partial charge in [0.15, 0.2) is 0 Å². The average molecular weight is 251 g/mol. The van der Waals surface area contributed by atoms with Crippen molar-refractivity contribution in [3.05, 3.63) is 11.6 Å². The largest absolute Gasteiger partial charge is 0.391 e. The Kier molecular flexibility index (Phi) is 3.49. The molecule has 0 aliphatic heterocycles. The lowest BCUT2D eigenvalue weighted by Gasteiger charge is -2.40. The van der Waals surface area contributed by atoms with E-state index in [4.69, 9.17) is 0 Å². The van der Waals surface area contributed by atoms with E-state index in [2.05, 4.69) is 30.9 Å². The number of hydrogen-bond acceptors (Lipinski definition) is 3. The van der Waals surface area contributed by atoms with Crippen LogP contribution in [0, 0.1) is 25.2 Å². The molecule has 1 fully saturated rings. The van der Waals surface area contributed by atoms with Gasteiger partial charge in [-0.25, -0.2) is 9.67 Å². The quantitative estimate of drug-likeness (QED) is 0.834. The molecule has 1 N–H and O–H groups in total. The minimum atomic E-state index is -0.289. The van der Waals surface area contributed by atoms with E-state index in [9.17, 15) is 5.11 Å². The van der Waals surface area contributed by atoms with Crippen molar-refractivity contribution >= 4 is 0 Å². The maximum atomic E-state index is 10.3. The molecule has 1 aromatic heterocycles. The first kappa shape index (κ1) is 13.5. The van der Waals surface area contributed by atoms with Gasteiger partial charge in [0.2, 0.25) is 0 Å². The maximum absolute atomic E-state index is 10.3. The minimum absolute atomic E-state index is 0.0872. The lowest BCUT2D eigenvalue weighted by Crippen LogP contribution is -2.37. The molecule has 0 saturated heterocycles. The second-order valence-electron chi connectivity index (χ2n) is 6.66. The Labute approximate surface area is 109 Å². The summed E-state index contributed by atoms with van der Waals surface area (Å²) < 4.78 is 1.93. The Morgan fingerprint density at radius 3 is 2.39 bits per heavy atom. The number of rotatable bonds is 1. The van der Waals surface area contributed by atoms with E-state index >= 15 is 0 Å². The summed E-state index contributed by atoms with van der Waals surface area (Å²) >= 11 is 0. The van der Waals surface area contributed by atoms with E-state index in [1.54, 1.807) is 0 Å². The predicted octanol–water partition coefficient (Wildman–Crippen LogP) is 2.64. The van der Waals surface area contributed by atoms with Crippen LogP contribution in [0.25, 0.3) is 0 Å². The third kappa shape index (κ3) is 2.58. The maximum Gasteiger partial charge on any atom is 0.147 e. The van der Waals surface area contributed by atoms with E-state index in [1.807, 2.05) is 18.5 Å². The lowest BCUT2D eigenvalue weighted by atomic mass is 9.70. The van der Waals surface area contributed by atoms with Crippen molar-refractivity contribution in [3.8, 4) is 0 Å². The topological polar surface area (TPSA) is 50.9 Å². The van der Waals surface area contributed by atoms with Gasteiger partial charge in [-0.1, -0.05) is 20.8 Å². The molecule has 0 spiro atoms. The predicted molar refractivity (Wildman–Crippen MR) is 71.3 cm³/mol. The minimum Gasteiger partial charge on any atom is -0.391 e. The van der Waals surface area contributed by atoms with Crippen molar-refractivity contribution in [1.29, 1.82) is 0 Å². The Morgan fingerprint density at radius 2 is 1.89 bits per heavy atom. The molecule has 3 atom stereocenters. The fourth-order valence-electron chi connectivity index (χ4n) is 3.03. The van der Waals surface area contributed by atoms with Crippen LogP contribution in [0.1, 0.15) is 57.7 Å². The Bertz CT molecular complexity index is 419. The SMILES string of the molecule is Cc1nc(C)n(C2CC(C(C)(C)C)CCC2O)n1. The third-order valence-electron chi connectivity index (χ3n) is 4.23. The molecule has 0 aromatic carbocycles. The van der Waals surface area contributed by atoms with Gasteiger partial charge in [-0.3, -0.25) is 0 Å². The summed E-state index contributed by atoms with van der Waals surface area (Å²) in [6, 6.07) is 0.0872. The smallest absolute Gasteiger partial charge is 0.147 e. The van der Waals surface area contributed by atoms with Gasteiger partial charge < -0.3 is 5.11 Å². The molecule has 1 saturated carbocycles. The highest BCUT2D eigenvalue weighted by Gasteiger charge is 2.37. The van der Waals surface area contributed by atoms with Crippen LogP contribution in [0.4, 0.5) is 0 Å². The van der Waals surface area contributed by atoms with Gasteiger partial charge in [0.1, 0.15) is 11.6 Å². The van der Waals surface area contributed by atoms with Gasteiger partial charge in [0, 0.05) is 0 Å². The van der Waals surface area contributed by atoms with Crippen molar-refractivity contribution in [2.45, 2.75) is 66.0 Å². The summed E-state index contributed by atoms with van der Waals surface area (Å²) in [5, 5.41) is 14.7. The van der Waals surface area contributed by atoms with E-state index in [1.165, 1.54) is 0 Å². The zero-order valence-corrected chi connectivity index (χ0v) is 12.1. The summed E-state index contributed by atoms with van der Waals surface area (Å²) in [6.07, 6.45) is 2.68. The fourth-order valence-corrected chi connectivity index (χ4v) is 3.03. The first-order valence-corrected chi connectivity index (χ1v) is 6.87. The lowest BCUT2D eigenvalue weighted by molar-refractivity contribution is 0.0194. The van der Waals surface area contributed by atoms with Crippen LogP contribution in [0.2, 0.25) is 0 Å². The van der Waals surface area contributed by atoms with Crippen molar-refractivity contribution in [2.24, 2.45) is 11.3 Å². The molecule has 0 radical (unpaired) electrons. The molecular formula is C14H25N3O. The third-order valence-corrected chi connectivity index (χ3v) is 4.23. The fraction of sp³-hybridized carbons (Fsp3) is 0.857. The number of aryl methyl sites for hydroxylation is 2. The van der Waals surface area contributed by atoms with Crippen molar-refractivity contribution in [2.75, 3.05) is 0 Å². The van der Waals surface area contributed by atoms with E-state index in [0.29, 0.717) is 11.3 Å². The number of hydrogen-bond donors (Lipinski definition) is 1. The Hall–Kier alpha value is -0.900. The molecule has 18 heavy (non-hydrogen) atoms. The second-order valence-corrected chi connectivity index (χ2v) is 6.66. The first-order valence-electron chi connectivity index (χ1n) is 6.87.